The van der Waals surface area contributed by atoms with Crippen LogP contribution < -0.4 is 4.74 Å². The van der Waals surface area contributed by atoms with Gasteiger partial charge in [0.25, 0.3) is 0 Å². The standard InChI is InChI=1S/C18H18O6/c1-23-18(22)13-5-2-4-12(10-13)11-24-16-7-3-6-15(19)14(16)8-9-17(20)21/h2-7,10,19H,8-9,11H2,1H3,(H,20,21). The van der Waals surface area contributed by atoms with E-state index in [2.05, 4.69) is 4.74 Å². The number of rotatable bonds is 7. The number of phenolic OH excluding ortho intramolecular Hbond substituents is 1. The van der Waals surface area contributed by atoms with E-state index >= 15 is 0 Å². The van der Waals surface area contributed by atoms with Gasteiger partial charge in [0.1, 0.15) is 18.1 Å². The van der Waals surface area contributed by atoms with Gasteiger partial charge in [-0.25, -0.2) is 4.79 Å². The molecule has 0 aliphatic rings. The molecule has 0 aliphatic heterocycles. The summed E-state index contributed by atoms with van der Waals surface area (Å²) in [6, 6.07) is 11.6. The molecule has 2 aromatic carbocycles. The van der Waals surface area contributed by atoms with Crippen molar-refractivity contribution in [1.29, 1.82) is 0 Å². The number of carbonyl (C=O) groups excluding carboxylic acids is 1. The molecular formula is C18H18O6. The van der Waals surface area contributed by atoms with Gasteiger partial charge in [0, 0.05) is 12.0 Å². The van der Waals surface area contributed by atoms with E-state index in [1.807, 2.05) is 0 Å². The van der Waals surface area contributed by atoms with Crippen LogP contribution in [0, 0.1) is 0 Å². The Morgan fingerprint density at radius 2 is 1.88 bits per heavy atom. The zero-order valence-electron chi connectivity index (χ0n) is 13.2. The van der Waals surface area contributed by atoms with Crippen molar-refractivity contribution in [2.24, 2.45) is 0 Å². The lowest BCUT2D eigenvalue weighted by atomic mass is 10.1. The molecule has 0 amide bonds. The van der Waals surface area contributed by atoms with Crippen LogP contribution in [0.4, 0.5) is 0 Å². The Kier molecular flexibility index (Phi) is 5.78. The Morgan fingerprint density at radius 3 is 2.58 bits per heavy atom. The number of carboxylic acids is 1. The second-order valence-electron chi connectivity index (χ2n) is 5.13. The van der Waals surface area contributed by atoms with Gasteiger partial charge in [-0.1, -0.05) is 18.2 Å². The third-order valence-corrected chi connectivity index (χ3v) is 3.44. The maximum Gasteiger partial charge on any atom is 0.337 e. The van der Waals surface area contributed by atoms with Crippen molar-refractivity contribution in [1.82, 2.24) is 0 Å². The highest BCUT2D eigenvalue weighted by atomic mass is 16.5. The monoisotopic (exact) mass is 330 g/mol. The van der Waals surface area contributed by atoms with Crippen molar-refractivity contribution in [2.45, 2.75) is 19.4 Å². The highest BCUT2D eigenvalue weighted by molar-refractivity contribution is 5.89. The van der Waals surface area contributed by atoms with Crippen molar-refractivity contribution in [2.75, 3.05) is 7.11 Å². The first-order chi connectivity index (χ1) is 11.5. The van der Waals surface area contributed by atoms with E-state index in [1.54, 1.807) is 36.4 Å². The van der Waals surface area contributed by atoms with E-state index in [-0.39, 0.29) is 25.2 Å². The topological polar surface area (TPSA) is 93.1 Å². The highest BCUT2D eigenvalue weighted by Gasteiger charge is 2.12. The van der Waals surface area contributed by atoms with Crippen LogP contribution in [0.25, 0.3) is 0 Å². The number of carboxylic acid groups (broad SMARTS) is 1. The zero-order chi connectivity index (χ0) is 17.5. The maximum absolute atomic E-state index is 11.5. The van der Waals surface area contributed by atoms with Crippen LogP contribution >= 0.6 is 0 Å². The third-order valence-electron chi connectivity index (χ3n) is 3.44. The molecule has 0 aromatic heterocycles. The average molecular weight is 330 g/mol. The van der Waals surface area contributed by atoms with Gasteiger partial charge in [-0.3, -0.25) is 4.79 Å². The number of benzene rings is 2. The van der Waals surface area contributed by atoms with Crippen LogP contribution in [-0.2, 0) is 22.6 Å². The van der Waals surface area contributed by atoms with Crippen LogP contribution in [0.15, 0.2) is 42.5 Å². The zero-order valence-corrected chi connectivity index (χ0v) is 13.2. The maximum atomic E-state index is 11.5. The summed E-state index contributed by atoms with van der Waals surface area (Å²) >= 11 is 0. The molecule has 126 valence electrons. The molecule has 6 heteroatoms. The number of hydrogen-bond acceptors (Lipinski definition) is 5. The lowest BCUT2D eigenvalue weighted by Gasteiger charge is -2.13. The fraction of sp³-hybridized carbons (Fsp3) is 0.222. The first-order valence-electron chi connectivity index (χ1n) is 7.34. The second-order valence-corrected chi connectivity index (χ2v) is 5.13. The van der Waals surface area contributed by atoms with E-state index in [1.165, 1.54) is 13.2 Å². The smallest absolute Gasteiger partial charge is 0.337 e. The molecule has 2 aromatic rings. The fourth-order valence-electron chi connectivity index (χ4n) is 2.24. The summed E-state index contributed by atoms with van der Waals surface area (Å²) in [5.41, 5.74) is 1.62. The van der Waals surface area contributed by atoms with E-state index in [0.29, 0.717) is 16.9 Å². The molecule has 0 atom stereocenters. The Labute approximate surface area is 139 Å². The summed E-state index contributed by atoms with van der Waals surface area (Å²) in [4.78, 5) is 22.3. The fourth-order valence-corrected chi connectivity index (χ4v) is 2.24. The molecule has 0 heterocycles. The van der Waals surface area contributed by atoms with E-state index < -0.39 is 11.9 Å². The Morgan fingerprint density at radius 1 is 1.12 bits per heavy atom. The summed E-state index contributed by atoms with van der Waals surface area (Å²) in [7, 11) is 1.31. The number of carbonyl (C=O) groups is 2. The first-order valence-corrected chi connectivity index (χ1v) is 7.34. The van der Waals surface area contributed by atoms with Gasteiger partial charge in [-0.05, 0) is 36.2 Å². The summed E-state index contributed by atoms with van der Waals surface area (Å²) in [6.45, 7) is 0.175. The van der Waals surface area contributed by atoms with Crippen LogP contribution in [0.1, 0.15) is 27.9 Å². The number of phenols is 1. The number of methoxy groups -OCH3 is 1. The van der Waals surface area contributed by atoms with Gasteiger partial charge in [0.2, 0.25) is 0 Å². The van der Waals surface area contributed by atoms with E-state index in [9.17, 15) is 14.7 Å². The quantitative estimate of drug-likeness (QED) is 0.758. The molecule has 0 saturated carbocycles. The molecule has 2 N–H and O–H groups in total. The molecule has 0 unspecified atom stereocenters. The normalized spacial score (nSPS) is 10.2. The molecule has 0 saturated heterocycles. The number of hydrogen-bond donors (Lipinski definition) is 2. The van der Waals surface area contributed by atoms with Gasteiger partial charge in [-0.2, -0.15) is 0 Å². The Hall–Kier alpha value is -3.02. The lowest BCUT2D eigenvalue weighted by Crippen LogP contribution is -2.04. The van der Waals surface area contributed by atoms with Crippen molar-refractivity contribution in [3.63, 3.8) is 0 Å². The highest BCUT2D eigenvalue weighted by Crippen LogP contribution is 2.29. The van der Waals surface area contributed by atoms with Crippen LogP contribution in [0.3, 0.4) is 0 Å². The second kappa shape index (κ2) is 8.01. The van der Waals surface area contributed by atoms with Crippen molar-refractivity contribution in [3.8, 4) is 11.5 Å². The Balaban J connectivity index is 2.13. The minimum Gasteiger partial charge on any atom is -0.508 e. The molecule has 24 heavy (non-hydrogen) atoms. The molecule has 0 fully saturated rings. The third kappa shape index (κ3) is 4.49. The van der Waals surface area contributed by atoms with Gasteiger partial charge in [-0.15, -0.1) is 0 Å². The SMILES string of the molecule is COC(=O)c1cccc(COc2cccc(O)c2CCC(=O)O)c1. The number of aliphatic carboxylic acids is 1. The summed E-state index contributed by atoms with van der Waals surface area (Å²) < 4.78 is 10.4. The molecule has 0 aliphatic carbocycles. The molecule has 2 rings (SSSR count). The van der Waals surface area contributed by atoms with Crippen molar-refractivity contribution >= 4 is 11.9 Å². The first kappa shape index (κ1) is 17.3. The largest absolute Gasteiger partial charge is 0.508 e. The van der Waals surface area contributed by atoms with Gasteiger partial charge >= 0.3 is 11.9 Å². The molecule has 0 bridgehead atoms. The summed E-state index contributed by atoms with van der Waals surface area (Å²) in [6.07, 6.45) is 0.0608. The number of ether oxygens (including phenoxy) is 2. The molecule has 6 nitrogen and oxygen atoms in total. The van der Waals surface area contributed by atoms with Crippen molar-refractivity contribution in [3.05, 3.63) is 59.2 Å². The molecule has 0 radical (unpaired) electrons. The number of aromatic hydroxyl groups is 1. The van der Waals surface area contributed by atoms with E-state index in [0.717, 1.165) is 5.56 Å². The van der Waals surface area contributed by atoms with Gasteiger partial charge in [0.15, 0.2) is 0 Å². The van der Waals surface area contributed by atoms with E-state index in [4.69, 9.17) is 9.84 Å². The van der Waals surface area contributed by atoms with Gasteiger partial charge in [0.05, 0.1) is 12.7 Å². The summed E-state index contributed by atoms with van der Waals surface area (Å²) in [5.74, 6) is -0.969. The van der Waals surface area contributed by atoms with Crippen molar-refractivity contribution < 1.29 is 29.3 Å². The summed E-state index contributed by atoms with van der Waals surface area (Å²) in [5, 5.41) is 18.7. The minimum absolute atomic E-state index is 0.00272. The van der Waals surface area contributed by atoms with Crippen LogP contribution in [0.2, 0.25) is 0 Å². The predicted octanol–water partition coefficient (Wildman–Crippen LogP) is 2.78. The number of esters is 1. The molecule has 0 spiro atoms. The molecular weight excluding hydrogens is 312 g/mol. The lowest BCUT2D eigenvalue weighted by molar-refractivity contribution is -0.136. The predicted molar refractivity (Wildman–Crippen MR) is 86.2 cm³/mol. The average Bonchev–Trinajstić information content (AvgIpc) is 2.58. The minimum atomic E-state index is -0.949. The Bertz CT molecular complexity index is 738. The van der Waals surface area contributed by atoms with Gasteiger partial charge < -0.3 is 19.7 Å². The van der Waals surface area contributed by atoms with Crippen LogP contribution in [-0.4, -0.2) is 29.3 Å². The van der Waals surface area contributed by atoms with Crippen LogP contribution in [0.5, 0.6) is 11.5 Å².